The topological polar surface area (TPSA) is 17.8 Å². The molecule has 10 rings (SSSR count). The lowest BCUT2D eigenvalue weighted by Gasteiger charge is -2.16. The average Bonchev–Trinajstić information content (AvgIpc) is 3.72. The molecule has 0 bridgehead atoms. The standard InChI is InChI=1S/C45H30N2S/c1-4-14-29(15-5-1)38-27-32(28-39(46-38)30-16-6-2-7-17-30)31-24-25-40-37(26-31)42-34-20-10-11-21-35(34)43-36-22-12-13-23-41(36)48-45(43)44(42)47(40)33-18-8-3-9-19-33/h1-16,18-28,30H,17H2. The van der Waals surface area contributed by atoms with Gasteiger partial charge in [0.25, 0.3) is 0 Å². The van der Waals surface area contributed by atoms with E-state index in [1.54, 1.807) is 0 Å². The summed E-state index contributed by atoms with van der Waals surface area (Å²) in [6, 6.07) is 50.9. The Kier molecular flexibility index (Phi) is 6.21. The molecule has 3 heteroatoms. The van der Waals surface area contributed by atoms with Gasteiger partial charge < -0.3 is 4.57 Å². The van der Waals surface area contributed by atoms with Gasteiger partial charge in [0.05, 0.1) is 21.4 Å². The van der Waals surface area contributed by atoms with E-state index in [4.69, 9.17) is 4.98 Å². The van der Waals surface area contributed by atoms with Crippen molar-refractivity contribution in [1.82, 2.24) is 9.55 Å². The van der Waals surface area contributed by atoms with Gasteiger partial charge in [0.1, 0.15) is 0 Å². The van der Waals surface area contributed by atoms with E-state index in [2.05, 4.69) is 168 Å². The zero-order chi connectivity index (χ0) is 31.6. The van der Waals surface area contributed by atoms with Crippen molar-refractivity contribution >= 4 is 64.1 Å². The van der Waals surface area contributed by atoms with E-state index in [0.29, 0.717) is 0 Å². The van der Waals surface area contributed by atoms with Gasteiger partial charge in [-0.25, -0.2) is 0 Å². The fourth-order valence-corrected chi connectivity index (χ4v) is 8.93. The molecule has 0 amide bonds. The summed E-state index contributed by atoms with van der Waals surface area (Å²) in [5.41, 5.74) is 9.31. The monoisotopic (exact) mass is 630 g/mol. The Morgan fingerprint density at radius 1 is 0.583 bits per heavy atom. The minimum atomic E-state index is 0.256. The number of para-hydroxylation sites is 1. The molecule has 0 fully saturated rings. The van der Waals surface area contributed by atoms with Gasteiger partial charge in [-0.2, -0.15) is 0 Å². The summed E-state index contributed by atoms with van der Waals surface area (Å²) >= 11 is 1.91. The number of allylic oxidation sites excluding steroid dienone is 4. The van der Waals surface area contributed by atoms with Crippen LogP contribution in [0.5, 0.6) is 0 Å². The van der Waals surface area contributed by atoms with E-state index in [1.807, 2.05) is 11.3 Å². The smallest absolute Gasteiger partial charge is 0.0726 e. The Hall–Kier alpha value is -5.77. The summed E-state index contributed by atoms with van der Waals surface area (Å²) < 4.78 is 5.15. The third-order valence-corrected chi connectivity index (χ3v) is 11.0. The summed E-state index contributed by atoms with van der Waals surface area (Å²) in [7, 11) is 0. The van der Waals surface area contributed by atoms with Crippen molar-refractivity contribution < 1.29 is 0 Å². The van der Waals surface area contributed by atoms with Gasteiger partial charge in [-0.1, -0.05) is 121 Å². The molecule has 1 aliphatic carbocycles. The predicted molar refractivity (Wildman–Crippen MR) is 205 cm³/mol. The molecule has 0 saturated carbocycles. The van der Waals surface area contributed by atoms with Crippen LogP contribution in [0.3, 0.4) is 0 Å². The normalized spacial score (nSPS) is 14.6. The summed E-state index contributed by atoms with van der Waals surface area (Å²) in [5, 5.41) is 7.85. The first-order chi connectivity index (χ1) is 23.8. The van der Waals surface area contributed by atoms with Crippen LogP contribution in [0.25, 0.3) is 80.8 Å². The number of hydrogen-bond donors (Lipinski definition) is 0. The van der Waals surface area contributed by atoms with Crippen LogP contribution in [-0.2, 0) is 0 Å². The maximum absolute atomic E-state index is 5.22. The number of thiophene rings is 1. The number of fused-ring (bicyclic) bond motifs is 10. The van der Waals surface area contributed by atoms with E-state index < -0.39 is 0 Å². The summed E-state index contributed by atoms with van der Waals surface area (Å²) in [4.78, 5) is 5.22. The van der Waals surface area contributed by atoms with Crippen molar-refractivity contribution in [2.45, 2.75) is 12.3 Å². The van der Waals surface area contributed by atoms with Crippen molar-refractivity contribution in [3.8, 4) is 28.1 Å². The first-order valence-electron chi connectivity index (χ1n) is 16.6. The molecule has 226 valence electrons. The van der Waals surface area contributed by atoms with Gasteiger partial charge in [-0.05, 0) is 70.8 Å². The molecule has 0 saturated heterocycles. The molecule has 1 unspecified atom stereocenters. The number of nitrogens with zero attached hydrogens (tertiary/aromatic N) is 2. The highest BCUT2D eigenvalue weighted by molar-refractivity contribution is 7.27. The van der Waals surface area contributed by atoms with Crippen LogP contribution in [0.2, 0.25) is 0 Å². The van der Waals surface area contributed by atoms with Crippen LogP contribution in [0, 0.1) is 0 Å². The second-order valence-electron chi connectivity index (χ2n) is 12.7. The minimum absolute atomic E-state index is 0.256. The first-order valence-corrected chi connectivity index (χ1v) is 17.4. The van der Waals surface area contributed by atoms with Crippen LogP contribution in [0.4, 0.5) is 0 Å². The van der Waals surface area contributed by atoms with Gasteiger partial charge >= 0.3 is 0 Å². The van der Waals surface area contributed by atoms with Gasteiger partial charge in [0.15, 0.2) is 0 Å². The molecule has 9 aromatic rings. The molecule has 6 aromatic carbocycles. The quantitative estimate of drug-likeness (QED) is 0.189. The van der Waals surface area contributed by atoms with E-state index in [0.717, 1.165) is 23.4 Å². The van der Waals surface area contributed by atoms with Crippen LogP contribution >= 0.6 is 11.3 Å². The Labute approximate surface area is 282 Å². The molecule has 0 aliphatic heterocycles. The predicted octanol–water partition coefficient (Wildman–Crippen LogP) is 12.6. The molecule has 48 heavy (non-hydrogen) atoms. The maximum atomic E-state index is 5.22. The molecule has 1 aliphatic rings. The lowest BCUT2D eigenvalue weighted by Crippen LogP contribution is -2.01. The van der Waals surface area contributed by atoms with Crippen LogP contribution < -0.4 is 0 Å². The van der Waals surface area contributed by atoms with E-state index in [9.17, 15) is 0 Å². The van der Waals surface area contributed by atoms with Crippen molar-refractivity contribution in [3.05, 3.63) is 170 Å². The van der Waals surface area contributed by atoms with Crippen LogP contribution in [0.15, 0.2) is 164 Å². The third-order valence-electron chi connectivity index (χ3n) is 9.87. The first kappa shape index (κ1) is 27.4. The third kappa shape index (κ3) is 4.21. The van der Waals surface area contributed by atoms with E-state index in [1.165, 1.54) is 69.6 Å². The summed E-state index contributed by atoms with van der Waals surface area (Å²) in [6.07, 6.45) is 9.76. The van der Waals surface area contributed by atoms with Gasteiger partial charge in [-0.15, -0.1) is 11.3 Å². The summed E-state index contributed by atoms with van der Waals surface area (Å²) in [5.74, 6) is 0.256. The van der Waals surface area contributed by atoms with Crippen molar-refractivity contribution in [1.29, 1.82) is 0 Å². The Balaban J connectivity index is 1.31. The van der Waals surface area contributed by atoms with Gasteiger partial charge in [-0.3, -0.25) is 4.98 Å². The number of pyridine rings is 1. The molecule has 2 nitrogen and oxygen atoms in total. The fraction of sp³-hybridized carbons (Fsp3) is 0.0444. The molecular formula is C45H30N2S. The maximum Gasteiger partial charge on any atom is 0.0726 e. The molecule has 1 atom stereocenters. The van der Waals surface area contributed by atoms with Crippen molar-refractivity contribution in [2.75, 3.05) is 0 Å². The molecule has 0 spiro atoms. The molecular weight excluding hydrogens is 601 g/mol. The van der Waals surface area contributed by atoms with E-state index in [-0.39, 0.29) is 5.92 Å². The Morgan fingerprint density at radius 2 is 1.31 bits per heavy atom. The van der Waals surface area contributed by atoms with Gasteiger partial charge in [0.2, 0.25) is 0 Å². The second kappa shape index (κ2) is 10.9. The average molecular weight is 631 g/mol. The van der Waals surface area contributed by atoms with E-state index >= 15 is 0 Å². The van der Waals surface area contributed by atoms with Crippen molar-refractivity contribution in [3.63, 3.8) is 0 Å². The SMILES string of the molecule is C1=CCC(c2cc(-c3ccc4c(c3)c3c5ccccc5c5c6ccccc6sc5c3n4-c3ccccc3)cc(-c3ccccc3)n2)C=C1. The Morgan fingerprint density at radius 3 is 2.10 bits per heavy atom. The minimum Gasteiger partial charge on any atom is -0.308 e. The summed E-state index contributed by atoms with van der Waals surface area (Å²) in [6.45, 7) is 0. The molecule has 3 aromatic heterocycles. The lowest BCUT2D eigenvalue weighted by molar-refractivity contribution is 0.818. The number of rotatable bonds is 4. The lowest BCUT2D eigenvalue weighted by atomic mass is 9.92. The number of benzene rings is 6. The highest BCUT2D eigenvalue weighted by Gasteiger charge is 2.22. The second-order valence-corrected chi connectivity index (χ2v) is 13.7. The zero-order valence-electron chi connectivity index (χ0n) is 26.2. The molecule has 3 heterocycles. The molecule has 0 radical (unpaired) electrons. The van der Waals surface area contributed by atoms with Crippen molar-refractivity contribution in [2.24, 2.45) is 0 Å². The highest BCUT2D eigenvalue weighted by Crippen LogP contribution is 2.48. The van der Waals surface area contributed by atoms with Crippen LogP contribution in [0.1, 0.15) is 18.0 Å². The van der Waals surface area contributed by atoms with Gasteiger partial charge in [0, 0.05) is 49.1 Å². The number of aromatic nitrogens is 2. The largest absolute Gasteiger partial charge is 0.308 e. The molecule has 0 N–H and O–H groups in total. The Bertz CT molecular complexity index is 2750. The van der Waals surface area contributed by atoms with Crippen LogP contribution in [-0.4, -0.2) is 9.55 Å². The highest BCUT2D eigenvalue weighted by atomic mass is 32.1. The fourth-order valence-electron chi connectivity index (χ4n) is 7.67. The zero-order valence-corrected chi connectivity index (χ0v) is 27.0. The number of hydrogen-bond acceptors (Lipinski definition) is 2.